The van der Waals surface area contributed by atoms with Gasteiger partial charge in [-0.1, -0.05) is 12.1 Å². The van der Waals surface area contributed by atoms with E-state index in [1.807, 2.05) is 0 Å². The number of rotatable bonds is 4. The van der Waals surface area contributed by atoms with Crippen LogP contribution >= 0.6 is 11.6 Å². The maximum atomic E-state index is 12.5. The van der Waals surface area contributed by atoms with E-state index in [2.05, 4.69) is 10.3 Å². The van der Waals surface area contributed by atoms with Crippen LogP contribution in [0.5, 0.6) is 0 Å². The number of nitro benzene ring substituents is 1. The van der Waals surface area contributed by atoms with E-state index in [-0.39, 0.29) is 23.1 Å². The number of aliphatic imine (C=N–C) groups is 1. The number of ketones is 1. The zero-order valence-corrected chi connectivity index (χ0v) is 13.6. The van der Waals surface area contributed by atoms with Crippen molar-refractivity contribution in [3.05, 3.63) is 39.9 Å². The Balaban J connectivity index is 1.83. The number of halogens is 1. The fraction of sp³-hybridized carbons (Fsp3) is 0.286. The number of imide groups is 1. The van der Waals surface area contributed by atoms with Crippen molar-refractivity contribution in [2.45, 2.75) is 12.2 Å². The van der Waals surface area contributed by atoms with Crippen molar-refractivity contribution in [2.24, 2.45) is 4.99 Å². The number of nitrogens with one attached hydrogen (secondary N) is 1. The van der Waals surface area contributed by atoms with Gasteiger partial charge >= 0.3 is 6.03 Å². The summed E-state index contributed by atoms with van der Waals surface area (Å²) < 4.78 is 0. The number of hydrogen-bond acceptors (Lipinski definition) is 7. The smallest absolute Gasteiger partial charge is 0.324 e. The predicted molar refractivity (Wildman–Crippen MR) is 86.3 cm³/mol. The Bertz CT molecular complexity index is 826. The van der Waals surface area contributed by atoms with Crippen molar-refractivity contribution in [2.75, 3.05) is 13.6 Å². The third kappa shape index (κ3) is 2.91. The fourth-order valence-corrected chi connectivity index (χ4v) is 2.96. The summed E-state index contributed by atoms with van der Waals surface area (Å²) in [5, 5.41) is 12.9. The van der Waals surface area contributed by atoms with Crippen LogP contribution in [0, 0.1) is 10.1 Å². The molecule has 11 heteroatoms. The average molecular weight is 366 g/mol. The number of amides is 3. The van der Waals surface area contributed by atoms with Gasteiger partial charge in [-0.2, -0.15) is 0 Å². The number of carbonyl (C=O) groups excluding carboxylic acids is 3. The molecule has 1 N–H and O–H groups in total. The normalized spacial score (nSPS) is 22.4. The van der Waals surface area contributed by atoms with E-state index < -0.39 is 34.9 Å². The van der Waals surface area contributed by atoms with Gasteiger partial charge in [-0.05, 0) is 11.6 Å². The number of nitrogens with zero attached hydrogens (tertiary/aromatic N) is 4. The summed E-state index contributed by atoms with van der Waals surface area (Å²) in [5.41, 5.74) is -0.103. The number of hydrogen-bond donors (Lipinski definition) is 1. The fourth-order valence-electron chi connectivity index (χ4n) is 2.70. The second-order valence-corrected chi connectivity index (χ2v) is 5.86. The molecule has 25 heavy (non-hydrogen) atoms. The zero-order chi connectivity index (χ0) is 18.3. The molecule has 0 radical (unpaired) electrons. The molecule has 2 aliphatic heterocycles. The van der Waals surface area contributed by atoms with Gasteiger partial charge in [0.1, 0.15) is 0 Å². The maximum Gasteiger partial charge on any atom is 0.325 e. The average Bonchev–Trinajstić information content (AvgIpc) is 2.90. The summed E-state index contributed by atoms with van der Waals surface area (Å²) >= 11 is 6.04. The van der Waals surface area contributed by atoms with Gasteiger partial charge in [-0.25, -0.2) is 9.79 Å². The quantitative estimate of drug-likeness (QED) is 0.360. The van der Waals surface area contributed by atoms with Crippen LogP contribution < -0.4 is 5.32 Å². The highest BCUT2D eigenvalue weighted by molar-refractivity contribution is 6.65. The van der Waals surface area contributed by atoms with E-state index in [9.17, 15) is 24.5 Å². The molecular formula is C14H12ClN5O5. The molecule has 0 saturated carbocycles. The molecular weight excluding hydrogens is 354 g/mol. The molecule has 1 saturated heterocycles. The second kappa shape index (κ2) is 6.13. The number of non-ortho nitro benzene ring substituents is 1. The van der Waals surface area contributed by atoms with Crippen LogP contribution in [0.2, 0.25) is 0 Å². The van der Waals surface area contributed by atoms with Gasteiger partial charge < -0.3 is 9.80 Å². The summed E-state index contributed by atoms with van der Waals surface area (Å²) in [5.74, 6) is -1.08. The number of benzene rings is 1. The Labute approximate surface area is 146 Å². The van der Waals surface area contributed by atoms with Gasteiger partial charge in [0.05, 0.1) is 11.5 Å². The van der Waals surface area contributed by atoms with Gasteiger partial charge in [0.15, 0.2) is 23.3 Å². The number of carbonyl (C=O) groups is 3. The molecule has 2 aliphatic rings. The summed E-state index contributed by atoms with van der Waals surface area (Å²) in [7, 11) is 1.46. The molecule has 2 atom stereocenters. The minimum atomic E-state index is -0.933. The first-order valence-electron chi connectivity index (χ1n) is 7.15. The molecule has 0 bridgehead atoms. The number of likely N-dealkylation sites (N-methyl/N-ethyl adjacent to an activating group) is 1. The highest BCUT2D eigenvalue weighted by Gasteiger charge is 2.48. The van der Waals surface area contributed by atoms with Crippen LogP contribution in [0.3, 0.4) is 0 Å². The Morgan fingerprint density at radius 3 is 2.84 bits per heavy atom. The molecule has 1 aromatic carbocycles. The Morgan fingerprint density at radius 2 is 2.16 bits per heavy atom. The van der Waals surface area contributed by atoms with Crippen LogP contribution in [-0.2, 0) is 4.79 Å². The van der Waals surface area contributed by atoms with Gasteiger partial charge in [0, 0.05) is 24.7 Å². The Morgan fingerprint density at radius 1 is 1.44 bits per heavy atom. The molecule has 2 unspecified atom stereocenters. The van der Waals surface area contributed by atoms with Crippen molar-refractivity contribution in [1.29, 1.82) is 0 Å². The molecule has 0 aliphatic carbocycles. The summed E-state index contributed by atoms with van der Waals surface area (Å²) in [6.07, 6.45) is -0.827. The number of amidine groups is 1. The first-order chi connectivity index (χ1) is 11.8. The number of nitro groups is 1. The van der Waals surface area contributed by atoms with Gasteiger partial charge in [0.25, 0.3) is 11.6 Å². The van der Waals surface area contributed by atoms with E-state index in [0.29, 0.717) is 0 Å². The van der Waals surface area contributed by atoms with Gasteiger partial charge in [-0.3, -0.25) is 25.0 Å². The highest BCUT2D eigenvalue weighted by Crippen LogP contribution is 2.26. The van der Waals surface area contributed by atoms with Crippen LogP contribution in [0.25, 0.3) is 0 Å². The predicted octanol–water partition coefficient (Wildman–Crippen LogP) is 0.564. The topological polar surface area (TPSA) is 125 Å². The molecule has 0 spiro atoms. The van der Waals surface area contributed by atoms with Gasteiger partial charge in [-0.15, -0.1) is 0 Å². The lowest BCUT2D eigenvalue weighted by molar-refractivity contribution is -0.384. The lowest BCUT2D eigenvalue weighted by Crippen LogP contribution is -2.64. The molecule has 0 aromatic heterocycles. The summed E-state index contributed by atoms with van der Waals surface area (Å²) in [6, 6.07) is 3.71. The minimum absolute atomic E-state index is 0.0783. The lowest BCUT2D eigenvalue weighted by atomic mass is 10.1. The summed E-state index contributed by atoms with van der Waals surface area (Å²) in [4.78, 5) is 53.0. The van der Waals surface area contributed by atoms with E-state index in [4.69, 9.17) is 11.6 Å². The largest absolute Gasteiger partial charge is 0.325 e. The molecule has 3 amide bonds. The molecule has 130 valence electrons. The van der Waals surface area contributed by atoms with Crippen molar-refractivity contribution in [1.82, 2.24) is 15.1 Å². The van der Waals surface area contributed by atoms with E-state index in [0.717, 1.165) is 6.07 Å². The molecule has 3 rings (SSSR count). The van der Waals surface area contributed by atoms with Crippen molar-refractivity contribution in [3.8, 4) is 0 Å². The van der Waals surface area contributed by atoms with Crippen LogP contribution in [-0.4, -0.2) is 63.5 Å². The monoisotopic (exact) mass is 365 g/mol. The first-order valence-corrected chi connectivity index (χ1v) is 7.52. The van der Waals surface area contributed by atoms with Crippen LogP contribution in [0.15, 0.2) is 29.3 Å². The molecule has 1 aromatic rings. The Kier molecular flexibility index (Phi) is 4.13. The molecule has 10 nitrogen and oxygen atoms in total. The zero-order valence-electron chi connectivity index (χ0n) is 12.9. The molecule has 1 fully saturated rings. The van der Waals surface area contributed by atoms with Crippen LogP contribution in [0.1, 0.15) is 10.4 Å². The number of urea groups is 1. The Hall–Kier alpha value is -3.01. The lowest BCUT2D eigenvalue weighted by Gasteiger charge is -2.35. The highest BCUT2D eigenvalue weighted by atomic mass is 35.5. The molecule has 2 heterocycles. The maximum absolute atomic E-state index is 12.5. The van der Waals surface area contributed by atoms with Crippen LogP contribution in [0.4, 0.5) is 10.5 Å². The standard InChI is InChI=1S/C14H12ClN5O5/c1-18-11-10(12(22)17-14(18)23)19(13(15)16-11)6-9(21)7-3-2-4-8(5-7)20(24)25/h2-5,10-11H,6H2,1H3,(H,17,22,23). The van der Waals surface area contributed by atoms with E-state index >= 15 is 0 Å². The number of Topliss-reactive ketones (excluding diaryl/α,β-unsaturated/α-hetero) is 1. The third-order valence-corrected chi connectivity index (χ3v) is 4.32. The second-order valence-electron chi connectivity index (χ2n) is 5.52. The van der Waals surface area contributed by atoms with Crippen molar-refractivity contribution >= 4 is 40.3 Å². The van der Waals surface area contributed by atoms with Crippen molar-refractivity contribution in [3.63, 3.8) is 0 Å². The van der Waals surface area contributed by atoms with Gasteiger partial charge in [0.2, 0.25) is 0 Å². The number of fused-ring (bicyclic) bond motifs is 1. The minimum Gasteiger partial charge on any atom is -0.324 e. The summed E-state index contributed by atoms with van der Waals surface area (Å²) in [6.45, 7) is -0.305. The van der Waals surface area contributed by atoms with Crippen molar-refractivity contribution < 1.29 is 19.3 Å². The van der Waals surface area contributed by atoms with E-state index in [1.54, 1.807) is 0 Å². The first kappa shape index (κ1) is 16.8. The third-order valence-electron chi connectivity index (χ3n) is 4.00. The SMILES string of the molecule is CN1C(=O)NC(=O)C2C1N=C(Cl)N2CC(=O)c1cccc([N+](=O)[O-])c1. The van der Waals surface area contributed by atoms with E-state index in [1.165, 1.54) is 35.0 Å².